The molecule has 0 fully saturated rings. The van der Waals surface area contributed by atoms with Crippen LogP contribution in [0.2, 0.25) is 0 Å². The summed E-state index contributed by atoms with van der Waals surface area (Å²) < 4.78 is 11.8. The fourth-order valence-electron chi connectivity index (χ4n) is 2.45. The van der Waals surface area contributed by atoms with Gasteiger partial charge in [-0.05, 0) is 52.5 Å². The van der Waals surface area contributed by atoms with Crippen molar-refractivity contribution in [3.63, 3.8) is 0 Å². The summed E-state index contributed by atoms with van der Waals surface area (Å²) in [6, 6.07) is 15.1. The zero-order chi connectivity index (χ0) is 14.7. The topological polar surface area (TPSA) is 30.5 Å². The van der Waals surface area contributed by atoms with Crippen molar-refractivity contribution in [3.05, 3.63) is 58.1 Å². The van der Waals surface area contributed by atoms with Crippen LogP contribution in [-0.4, -0.2) is 12.8 Å². The van der Waals surface area contributed by atoms with Crippen LogP contribution in [0, 0.1) is 0 Å². The van der Waals surface area contributed by atoms with Gasteiger partial charge in [0, 0.05) is 12.6 Å². The van der Waals surface area contributed by atoms with E-state index in [-0.39, 0.29) is 0 Å². The number of hydrogen-bond acceptors (Lipinski definition) is 3. The minimum atomic E-state index is 0.301. The summed E-state index contributed by atoms with van der Waals surface area (Å²) in [5.74, 6) is 1.62. The van der Waals surface area contributed by atoms with Gasteiger partial charge in [0.15, 0.2) is 11.5 Å². The van der Waals surface area contributed by atoms with Crippen molar-refractivity contribution in [2.24, 2.45) is 0 Å². The number of halogens is 1. The van der Waals surface area contributed by atoms with Gasteiger partial charge in [-0.2, -0.15) is 0 Å². The normalized spacial score (nSPS) is 14.2. The van der Waals surface area contributed by atoms with Gasteiger partial charge in [0.2, 0.25) is 6.79 Å². The van der Waals surface area contributed by atoms with E-state index in [0.29, 0.717) is 12.8 Å². The van der Waals surface area contributed by atoms with Crippen LogP contribution < -0.4 is 14.8 Å². The van der Waals surface area contributed by atoms with Crippen LogP contribution >= 0.6 is 15.9 Å². The van der Waals surface area contributed by atoms with E-state index in [1.54, 1.807) is 0 Å². The van der Waals surface area contributed by atoms with Crippen LogP contribution in [-0.2, 0) is 13.0 Å². The third kappa shape index (κ3) is 3.57. The Morgan fingerprint density at radius 1 is 1.14 bits per heavy atom. The van der Waals surface area contributed by atoms with E-state index in [9.17, 15) is 0 Å². The molecular formula is C17H18BrNO2. The van der Waals surface area contributed by atoms with Crippen LogP contribution in [0.1, 0.15) is 18.1 Å². The van der Waals surface area contributed by atoms with Crippen molar-refractivity contribution in [1.29, 1.82) is 0 Å². The summed E-state index contributed by atoms with van der Waals surface area (Å²) in [5, 5.41) is 3.55. The lowest BCUT2D eigenvalue weighted by molar-refractivity contribution is 0.173. The van der Waals surface area contributed by atoms with Crippen molar-refractivity contribution in [2.45, 2.75) is 25.9 Å². The molecule has 1 atom stereocenters. The summed E-state index contributed by atoms with van der Waals surface area (Å²) in [6.45, 7) is 3.31. The predicted octanol–water partition coefficient (Wildman–Crippen LogP) is 3.90. The predicted molar refractivity (Wildman–Crippen MR) is 86.7 cm³/mol. The molecule has 110 valence electrons. The van der Waals surface area contributed by atoms with Crippen LogP contribution in [0.15, 0.2) is 46.9 Å². The molecule has 0 amide bonds. The first-order valence-electron chi connectivity index (χ1n) is 7.07. The maximum absolute atomic E-state index is 5.44. The second kappa shape index (κ2) is 6.50. The Bertz CT molecular complexity index is 616. The number of ether oxygens (including phenoxy) is 2. The van der Waals surface area contributed by atoms with E-state index in [1.165, 1.54) is 11.1 Å². The molecule has 1 heterocycles. The van der Waals surface area contributed by atoms with Gasteiger partial charge >= 0.3 is 0 Å². The molecule has 2 aromatic carbocycles. The monoisotopic (exact) mass is 347 g/mol. The van der Waals surface area contributed by atoms with Crippen molar-refractivity contribution in [1.82, 2.24) is 5.32 Å². The Morgan fingerprint density at radius 3 is 2.76 bits per heavy atom. The Kier molecular flexibility index (Phi) is 4.46. The van der Waals surface area contributed by atoms with Crippen molar-refractivity contribution < 1.29 is 9.47 Å². The smallest absolute Gasteiger partial charge is 0.231 e. The molecule has 2 aromatic rings. The molecule has 3 rings (SSSR count). The molecule has 1 unspecified atom stereocenters. The molecule has 0 saturated heterocycles. The van der Waals surface area contributed by atoms with Gasteiger partial charge in [0.25, 0.3) is 0 Å². The van der Waals surface area contributed by atoms with Gasteiger partial charge < -0.3 is 14.8 Å². The van der Waals surface area contributed by atoms with Gasteiger partial charge in [-0.25, -0.2) is 0 Å². The third-order valence-electron chi connectivity index (χ3n) is 3.53. The Labute approximate surface area is 133 Å². The molecule has 21 heavy (non-hydrogen) atoms. The van der Waals surface area contributed by atoms with Crippen molar-refractivity contribution >= 4 is 15.9 Å². The van der Waals surface area contributed by atoms with Crippen molar-refractivity contribution in [3.8, 4) is 11.5 Å². The van der Waals surface area contributed by atoms with E-state index in [0.717, 1.165) is 28.9 Å². The number of rotatable bonds is 5. The van der Waals surface area contributed by atoms with E-state index in [1.807, 2.05) is 12.1 Å². The molecule has 1 aliphatic rings. The molecule has 4 heteroatoms. The molecular weight excluding hydrogens is 330 g/mol. The number of nitrogens with one attached hydrogen (secondary N) is 1. The molecule has 0 bridgehead atoms. The summed E-state index contributed by atoms with van der Waals surface area (Å²) in [6.07, 6.45) is 1.02. The van der Waals surface area contributed by atoms with Crippen LogP contribution in [0.4, 0.5) is 0 Å². The van der Waals surface area contributed by atoms with Gasteiger partial charge in [0.05, 0.1) is 4.47 Å². The fourth-order valence-corrected chi connectivity index (χ4v) is 3.06. The zero-order valence-corrected chi connectivity index (χ0v) is 13.5. The van der Waals surface area contributed by atoms with Crippen LogP contribution in [0.25, 0.3) is 0 Å². The first kappa shape index (κ1) is 14.4. The lowest BCUT2D eigenvalue weighted by atomic mass is 10.1. The Hall–Kier alpha value is -1.52. The number of hydrogen-bond donors (Lipinski definition) is 1. The zero-order valence-electron chi connectivity index (χ0n) is 11.9. The highest BCUT2D eigenvalue weighted by Crippen LogP contribution is 2.39. The molecule has 0 spiro atoms. The molecule has 0 aromatic heterocycles. The van der Waals surface area contributed by atoms with Gasteiger partial charge in [-0.15, -0.1) is 0 Å². The highest BCUT2D eigenvalue weighted by molar-refractivity contribution is 9.10. The standard InChI is InChI=1S/C17H18BrNO2/c1-12(7-13-5-3-2-4-6-13)19-10-14-8-15(18)17-16(9-14)20-11-21-17/h2-6,8-9,12,19H,7,10-11H2,1H3. The molecule has 1 N–H and O–H groups in total. The van der Waals surface area contributed by atoms with E-state index >= 15 is 0 Å². The molecule has 0 aliphatic carbocycles. The number of fused-ring (bicyclic) bond motifs is 1. The third-order valence-corrected chi connectivity index (χ3v) is 4.12. The minimum absolute atomic E-state index is 0.301. The Morgan fingerprint density at radius 2 is 1.95 bits per heavy atom. The lowest BCUT2D eigenvalue weighted by Gasteiger charge is -2.14. The van der Waals surface area contributed by atoms with Crippen molar-refractivity contribution in [2.75, 3.05) is 6.79 Å². The highest BCUT2D eigenvalue weighted by atomic mass is 79.9. The maximum Gasteiger partial charge on any atom is 0.231 e. The first-order chi connectivity index (χ1) is 10.2. The van der Waals surface area contributed by atoms with E-state index in [4.69, 9.17) is 9.47 Å². The summed E-state index contributed by atoms with van der Waals surface area (Å²) in [4.78, 5) is 0. The van der Waals surface area contributed by atoms with Gasteiger partial charge in [-0.3, -0.25) is 0 Å². The maximum atomic E-state index is 5.44. The largest absolute Gasteiger partial charge is 0.454 e. The van der Waals surface area contributed by atoms with E-state index in [2.05, 4.69) is 58.5 Å². The number of benzene rings is 2. The summed E-state index contributed by atoms with van der Waals surface area (Å²) >= 11 is 3.53. The summed E-state index contributed by atoms with van der Waals surface area (Å²) in [5.41, 5.74) is 2.54. The fraction of sp³-hybridized carbons (Fsp3) is 0.294. The Balaban J connectivity index is 1.59. The SMILES string of the molecule is CC(Cc1ccccc1)NCc1cc(Br)c2c(c1)OCO2. The average molecular weight is 348 g/mol. The average Bonchev–Trinajstić information content (AvgIpc) is 2.95. The van der Waals surface area contributed by atoms with Gasteiger partial charge in [-0.1, -0.05) is 30.3 Å². The highest BCUT2D eigenvalue weighted by Gasteiger charge is 2.18. The minimum Gasteiger partial charge on any atom is -0.454 e. The lowest BCUT2D eigenvalue weighted by Crippen LogP contribution is -2.27. The molecule has 1 aliphatic heterocycles. The van der Waals surface area contributed by atoms with Crippen LogP contribution in [0.3, 0.4) is 0 Å². The molecule has 0 saturated carbocycles. The van der Waals surface area contributed by atoms with E-state index < -0.39 is 0 Å². The first-order valence-corrected chi connectivity index (χ1v) is 7.87. The quantitative estimate of drug-likeness (QED) is 0.889. The second-order valence-corrected chi connectivity index (χ2v) is 6.14. The van der Waals surface area contributed by atoms with Crippen LogP contribution in [0.5, 0.6) is 11.5 Å². The second-order valence-electron chi connectivity index (χ2n) is 5.28. The summed E-state index contributed by atoms with van der Waals surface area (Å²) in [7, 11) is 0. The van der Waals surface area contributed by atoms with Gasteiger partial charge in [0.1, 0.15) is 0 Å². The molecule has 0 radical (unpaired) electrons. The molecule has 3 nitrogen and oxygen atoms in total.